The lowest BCUT2D eigenvalue weighted by Crippen LogP contribution is -2.36. The Bertz CT molecular complexity index is 1160. The van der Waals surface area contributed by atoms with Gasteiger partial charge in [0.25, 0.3) is 0 Å². The fraction of sp³-hybridized carbons (Fsp3) is 0.222. The van der Waals surface area contributed by atoms with Crippen LogP contribution in [0.1, 0.15) is 36.0 Å². The second kappa shape index (κ2) is 10.2. The molecule has 0 fully saturated rings. The van der Waals surface area contributed by atoms with Crippen molar-refractivity contribution < 1.29 is 24.2 Å². The third-order valence-corrected chi connectivity index (χ3v) is 5.79. The first-order valence-electron chi connectivity index (χ1n) is 11.1. The van der Waals surface area contributed by atoms with Gasteiger partial charge in [0, 0.05) is 24.1 Å². The maximum absolute atomic E-state index is 12.4. The average molecular weight is 459 g/mol. The first kappa shape index (κ1) is 23.0. The molecule has 1 aliphatic rings. The lowest BCUT2D eigenvalue weighted by molar-refractivity contribution is -0.136. The van der Waals surface area contributed by atoms with Gasteiger partial charge >= 0.3 is 12.1 Å². The van der Waals surface area contributed by atoms with E-state index in [2.05, 4.69) is 34.9 Å². The molecule has 1 aliphatic carbocycles. The summed E-state index contributed by atoms with van der Waals surface area (Å²) in [6, 6.07) is 22.4. The fourth-order valence-electron chi connectivity index (χ4n) is 4.26. The number of amides is 2. The number of nitrogens with one attached hydrogen (secondary N) is 2. The molecular weight excluding hydrogens is 432 g/mol. The Morgan fingerprint density at radius 3 is 2.09 bits per heavy atom. The molecule has 7 heteroatoms. The fourth-order valence-corrected chi connectivity index (χ4v) is 4.26. The predicted molar refractivity (Wildman–Crippen MR) is 129 cm³/mol. The van der Waals surface area contributed by atoms with Crippen molar-refractivity contribution in [1.29, 1.82) is 0 Å². The summed E-state index contributed by atoms with van der Waals surface area (Å²) < 4.78 is 5.53. The summed E-state index contributed by atoms with van der Waals surface area (Å²) in [4.78, 5) is 35.5. The van der Waals surface area contributed by atoms with E-state index in [1.54, 1.807) is 31.2 Å². The minimum absolute atomic E-state index is 0.0270. The molecule has 174 valence electrons. The van der Waals surface area contributed by atoms with Crippen LogP contribution in [0.15, 0.2) is 72.8 Å². The van der Waals surface area contributed by atoms with Crippen molar-refractivity contribution in [1.82, 2.24) is 5.32 Å². The Morgan fingerprint density at radius 1 is 0.912 bits per heavy atom. The van der Waals surface area contributed by atoms with Gasteiger partial charge in [0.2, 0.25) is 5.91 Å². The molecule has 1 atom stereocenters. The molecule has 0 bridgehead atoms. The molecule has 4 rings (SSSR count). The van der Waals surface area contributed by atoms with Gasteiger partial charge in [0.15, 0.2) is 0 Å². The van der Waals surface area contributed by atoms with Crippen molar-refractivity contribution in [3.05, 3.63) is 89.5 Å². The monoisotopic (exact) mass is 458 g/mol. The second-order valence-corrected chi connectivity index (χ2v) is 8.39. The summed E-state index contributed by atoms with van der Waals surface area (Å²) in [5.74, 6) is -1.21. The SMILES string of the molecule is C[C@@H](CC(=O)Nc1ccc(CC(=O)O)cc1)NC(=O)OCC1c2ccccc2-c2ccccc21. The summed E-state index contributed by atoms with van der Waals surface area (Å²) in [5.41, 5.74) is 5.81. The first-order chi connectivity index (χ1) is 16.4. The van der Waals surface area contributed by atoms with Gasteiger partial charge in [0.05, 0.1) is 6.42 Å². The average Bonchev–Trinajstić information content (AvgIpc) is 3.12. The van der Waals surface area contributed by atoms with Crippen LogP contribution in [-0.2, 0) is 20.7 Å². The molecular formula is C27H26N2O5. The number of carboxylic acids is 1. The first-order valence-corrected chi connectivity index (χ1v) is 11.1. The van der Waals surface area contributed by atoms with E-state index in [1.807, 2.05) is 24.3 Å². The number of fused-ring (bicyclic) bond motifs is 3. The molecule has 7 nitrogen and oxygen atoms in total. The number of rotatable bonds is 8. The van der Waals surface area contributed by atoms with E-state index in [-0.39, 0.29) is 31.3 Å². The maximum atomic E-state index is 12.4. The standard InChI is InChI=1S/C27H26N2O5/c1-17(14-25(30)29-19-12-10-18(11-13-19)15-26(31)32)28-27(33)34-16-24-22-8-4-2-6-20(22)21-7-3-5-9-23(21)24/h2-13,17,24H,14-16H2,1H3,(H,28,33)(H,29,30)(H,31,32)/t17-/m0/s1. The van der Waals surface area contributed by atoms with E-state index in [0.717, 1.165) is 22.3 Å². The number of carboxylic acid groups (broad SMARTS) is 1. The topological polar surface area (TPSA) is 105 Å². The van der Waals surface area contributed by atoms with Crippen molar-refractivity contribution >= 4 is 23.7 Å². The summed E-state index contributed by atoms with van der Waals surface area (Å²) in [5, 5.41) is 14.3. The number of hydrogen-bond donors (Lipinski definition) is 3. The Balaban J connectivity index is 1.27. The van der Waals surface area contributed by atoms with E-state index < -0.39 is 18.1 Å². The van der Waals surface area contributed by atoms with Gasteiger partial charge in [0.1, 0.15) is 6.61 Å². The van der Waals surface area contributed by atoms with Crippen molar-refractivity contribution in [2.75, 3.05) is 11.9 Å². The number of aliphatic carboxylic acids is 1. The van der Waals surface area contributed by atoms with E-state index in [0.29, 0.717) is 11.3 Å². The van der Waals surface area contributed by atoms with Gasteiger partial charge in [-0.3, -0.25) is 9.59 Å². The van der Waals surface area contributed by atoms with Gasteiger partial charge in [-0.25, -0.2) is 4.79 Å². The largest absolute Gasteiger partial charge is 0.481 e. The molecule has 0 unspecified atom stereocenters. The van der Waals surface area contributed by atoms with Crippen molar-refractivity contribution in [2.24, 2.45) is 0 Å². The van der Waals surface area contributed by atoms with Gasteiger partial charge in [-0.1, -0.05) is 60.7 Å². The number of alkyl carbamates (subject to hydrolysis) is 1. The van der Waals surface area contributed by atoms with Gasteiger partial charge in [-0.05, 0) is 46.9 Å². The molecule has 0 radical (unpaired) electrons. The number of carbonyl (C=O) groups excluding carboxylic acids is 2. The summed E-state index contributed by atoms with van der Waals surface area (Å²) >= 11 is 0. The van der Waals surface area contributed by atoms with Gasteiger partial charge in [-0.15, -0.1) is 0 Å². The molecule has 3 N–H and O–H groups in total. The molecule has 0 spiro atoms. The van der Waals surface area contributed by atoms with Crippen molar-refractivity contribution in [3.63, 3.8) is 0 Å². The Hall–Kier alpha value is -4.13. The Labute approximate surface area is 197 Å². The molecule has 3 aromatic rings. The highest BCUT2D eigenvalue weighted by atomic mass is 16.5. The Kier molecular flexibility index (Phi) is 6.92. The quantitative estimate of drug-likeness (QED) is 0.459. The third kappa shape index (κ3) is 5.43. The Morgan fingerprint density at radius 2 is 1.50 bits per heavy atom. The second-order valence-electron chi connectivity index (χ2n) is 8.39. The molecule has 3 aromatic carbocycles. The van der Waals surface area contributed by atoms with Crippen LogP contribution in [-0.4, -0.2) is 35.7 Å². The molecule has 34 heavy (non-hydrogen) atoms. The van der Waals surface area contributed by atoms with Crippen LogP contribution in [0, 0.1) is 0 Å². The molecule has 0 saturated carbocycles. The molecule has 0 saturated heterocycles. The maximum Gasteiger partial charge on any atom is 0.407 e. The highest BCUT2D eigenvalue weighted by Gasteiger charge is 2.29. The van der Waals surface area contributed by atoms with Crippen LogP contribution in [0.2, 0.25) is 0 Å². The summed E-state index contributed by atoms with van der Waals surface area (Å²) in [7, 11) is 0. The summed E-state index contributed by atoms with van der Waals surface area (Å²) in [6.45, 7) is 1.94. The van der Waals surface area contributed by atoms with Crippen LogP contribution < -0.4 is 10.6 Å². The number of hydrogen-bond acceptors (Lipinski definition) is 4. The van der Waals surface area contributed by atoms with Gasteiger partial charge in [-0.2, -0.15) is 0 Å². The molecule has 0 aromatic heterocycles. The smallest absolute Gasteiger partial charge is 0.407 e. The highest BCUT2D eigenvalue weighted by Crippen LogP contribution is 2.44. The van der Waals surface area contributed by atoms with E-state index >= 15 is 0 Å². The van der Waals surface area contributed by atoms with Crippen LogP contribution in [0.5, 0.6) is 0 Å². The lowest BCUT2D eigenvalue weighted by atomic mass is 9.98. The van der Waals surface area contributed by atoms with E-state index in [4.69, 9.17) is 9.84 Å². The number of ether oxygens (including phenoxy) is 1. The number of benzene rings is 3. The normalized spacial score (nSPS) is 12.9. The third-order valence-electron chi connectivity index (χ3n) is 5.79. The lowest BCUT2D eigenvalue weighted by Gasteiger charge is -2.17. The van der Waals surface area contributed by atoms with Crippen molar-refractivity contribution in [3.8, 4) is 11.1 Å². The predicted octanol–water partition coefficient (Wildman–Crippen LogP) is 4.57. The minimum atomic E-state index is -0.912. The number of anilines is 1. The van der Waals surface area contributed by atoms with Crippen molar-refractivity contribution in [2.45, 2.75) is 31.7 Å². The van der Waals surface area contributed by atoms with Crippen LogP contribution >= 0.6 is 0 Å². The zero-order chi connectivity index (χ0) is 24.1. The minimum Gasteiger partial charge on any atom is -0.481 e. The molecule has 0 heterocycles. The van der Waals surface area contributed by atoms with E-state index in [1.165, 1.54) is 0 Å². The number of carbonyl (C=O) groups is 3. The van der Waals surface area contributed by atoms with Crippen LogP contribution in [0.3, 0.4) is 0 Å². The van der Waals surface area contributed by atoms with E-state index in [9.17, 15) is 14.4 Å². The zero-order valence-electron chi connectivity index (χ0n) is 18.8. The molecule has 2 amide bonds. The summed E-state index contributed by atoms with van der Waals surface area (Å²) in [6.07, 6.45) is -0.573. The van der Waals surface area contributed by atoms with Crippen LogP contribution in [0.25, 0.3) is 11.1 Å². The van der Waals surface area contributed by atoms with Gasteiger partial charge < -0.3 is 20.5 Å². The highest BCUT2D eigenvalue weighted by molar-refractivity contribution is 5.91. The van der Waals surface area contributed by atoms with Crippen LogP contribution in [0.4, 0.5) is 10.5 Å². The zero-order valence-corrected chi connectivity index (χ0v) is 18.8. The molecule has 0 aliphatic heterocycles.